The molecule has 28 heavy (non-hydrogen) atoms. The van der Waals surface area contributed by atoms with Crippen LogP contribution in [0.15, 0.2) is 42.6 Å². The molecular formula is C23H24N4O. The first-order valence-corrected chi connectivity index (χ1v) is 10.0. The van der Waals surface area contributed by atoms with E-state index in [2.05, 4.69) is 28.1 Å². The first kappa shape index (κ1) is 17.2. The van der Waals surface area contributed by atoms with E-state index in [1.165, 1.54) is 22.4 Å². The first-order chi connectivity index (χ1) is 13.8. The zero-order valence-electron chi connectivity index (χ0n) is 16.2. The molecule has 0 bridgehead atoms. The third-order valence-electron chi connectivity index (χ3n) is 5.82. The lowest BCUT2D eigenvalue weighted by Gasteiger charge is -2.24. The number of benzene rings is 1. The van der Waals surface area contributed by atoms with Gasteiger partial charge in [0, 0.05) is 30.5 Å². The number of aryl methyl sites for hydroxylation is 1. The molecule has 5 nitrogen and oxygen atoms in total. The molecule has 2 aliphatic rings. The van der Waals surface area contributed by atoms with Crippen molar-refractivity contribution in [2.45, 2.75) is 32.1 Å². The normalized spacial score (nSPS) is 15.7. The number of aromatic nitrogens is 3. The molecule has 5 heteroatoms. The smallest absolute Gasteiger partial charge is 0.180 e. The van der Waals surface area contributed by atoms with Crippen molar-refractivity contribution in [2.24, 2.45) is 0 Å². The number of pyridine rings is 1. The van der Waals surface area contributed by atoms with Crippen molar-refractivity contribution in [2.75, 3.05) is 25.1 Å². The van der Waals surface area contributed by atoms with E-state index >= 15 is 0 Å². The van der Waals surface area contributed by atoms with Crippen LogP contribution in [0.2, 0.25) is 0 Å². The minimum atomic E-state index is 0.750. The van der Waals surface area contributed by atoms with Crippen LogP contribution in [0.1, 0.15) is 28.8 Å². The number of hydrogen-bond donors (Lipinski definition) is 0. The van der Waals surface area contributed by atoms with Gasteiger partial charge in [0.25, 0.3) is 0 Å². The van der Waals surface area contributed by atoms with Crippen LogP contribution in [0.4, 0.5) is 5.82 Å². The Hall–Kier alpha value is -2.95. The topological polar surface area (TPSA) is 51.1 Å². The number of ether oxygens (including phenoxy) is 1. The van der Waals surface area contributed by atoms with Gasteiger partial charge in [0.15, 0.2) is 5.82 Å². The SMILES string of the molecule is COc1ccc2c(c1)CCN(c1nc(-c3ccccn3)nc3c1CCC3)CC2. The fraction of sp³-hybridized carbons (Fsp3) is 0.348. The Balaban J connectivity index is 1.50. The molecule has 2 aromatic heterocycles. The van der Waals surface area contributed by atoms with Crippen molar-refractivity contribution in [3.8, 4) is 17.3 Å². The predicted octanol–water partition coefficient (Wildman–Crippen LogP) is 3.64. The van der Waals surface area contributed by atoms with Crippen LogP contribution in [0.25, 0.3) is 11.5 Å². The standard InChI is InChI=1S/C23H24N4O/c1-28-18-9-8-16-10-13-27(14-11-17(16)15-18)23-19-5-4-7-20(19)25-22(26-23)21-6-2-3-12-24-21/h2-3,6,8-9,12,15H,4-5,7,10-11,13-14H2,1H3. The summed E-state index contributed by atoms with van der Waals surface area (Å²) in [6.45, 7) is 1.94. The lowest BCUT2D eigenvalue weighted by atomic mass is 10.0. The van der Waals surface area contributed by atoms with Crippen molar-refractivity contribution in [1.29, 1.82) is 0 Å². The van der Waals surface area contributed by atoms with Gasteiger partial charge in [-0.25, -0.2) is 9.97 Å². The Bertz CT molecular complexity index is 1000. The van der Waals surface area contributed by atoms with Gasteiger partial charge in [-0.3, -0.25) is 4.98 Å². The maximum Gasteiger partial charge on any atom is 0.180 e. The largest absolute Gasteiger partial charge is 0.497 e. The van der Waals surface area contributed by atoms with Gasteiger partial charge in [-0.2, -0.15) is 0 Å². The molecule has 1 aliphatic carbocycles. The number of hydrogen-bond acceptors (Lipinski definition) is 5. The number of rotatable bonds is 3. The molecule has 0 fully saturated rings. The molecule has 142 valence electrons. The average Bonchev–Trinajstić information content (AvgIpc) is 3.13. The third kappa shape index (κ3) is 3.11. The highest BCUT2D eigenvalue weighted by Crippen LogP contribution is 2.32. The lowest BCUT2D eigenvalue weighted by Crippen LogP contribution is -2.28. The Labute approximate surface area is 165 Å². The molecule has 3 aromatic rings. The van der Waals surface area contributed by atoms with Crippen molar-refractivity contribution >= 4 is 5.82 Å². The first-order valence-electron chi connectivity index (χ1n) is 10.0. The summed E-state index contributed by atoms with van der Waals surface area (Å²) in [5.41, 5.74) is 6.19. The molecule has 0 atom stereocenters. The average molecular weight is 372 g/mol. The molecule has 0 spiro atoms. The maximum absolute atomic E-state index is 5.42. The van der Waals surface area contributed by atoms with Crippen LogP contribution in [-0.4, -0.2) is 35.2 Å². The molecule has 0 unspecified atom stereocenters. The van der Waals surface area contributed by atoms with Crippen molar-refractivity contribution < 1.29 is 4.74 Å². The fourth-order valence-corrected chi connectivity index (χ4v) is 4.32. The molecule has 0 radical (unpaired) electrons. The highest BCUT2D eigenvalue weighted by Gasteiger charge is 2.25. The van der Waals surface area contributed by atoms with Gasteiger partial charge in [-0.1, -0.05) is 12.1 Å². The van der Waals surface area contributed by atoms with E-state index in [0.29, 0.717) is 0 Å². The molecule has 0 saturated carbocycles. The Morgan fingerprint density at radius 2 is 1.82 bits per heavy atom. The van der Waals surface area contributed by atoms with Crippen molar-refractivity contribution in [3.05, 3.63) is 65.0 Å². The highest BCUT2D eigenvalue weighted by atomic mass is 16.5. The van der Waals surface area contributed by atoms with E-state index in [-0.39, 0.29) is 0 Å². The monoisotopic (exact) mass is 372 g/mol. The summed E-state index contributed by atoms with van der Waals surface area (Å²) in [7, 11) is 1.73. The fourth-order valence-electron chi connectivity index (χ4n) is 4.32. The third-order valence-corrected chi connectivity index (χ3v) is 5.82. The number of anilines is 1. The van der Waals surface area contributed by atoms with E-state index in [0.717, 1.165) is 68.3 Å². The van der Waals surface area contributed by atoms with Crippen LogP contribution >= 0.6 is 0 Å². The van der Waals surface area contributed by atoms with E-state index in [1.54, 1.807) is 7.11 Å². The van der Waals surface area contributed by atoms with E-state index < -0.39 is 0 Å². The Morgan fingerprint density at radius 1 is 0.929 bits per heavy atom. The van der Waals surface area contributed by atoms with Crippen LogP contribution < -0.4 is 9.64 Å². The molecule has 0 N–H and O–H groups in total. The Kier molecular flexibility index (Phi) is 4.43. The molecule has 3 heterocycles. The maximum atomic E-state index is 5.42. The number of fused-ring (bicyclic) bond motifs is 2. The summed E-state index contributed by atoms with van der Waals surface area (Å²) in [4.78, 5) is 16.8. The second-order valence-corrected chi connectivity index (χ2v) is 7.49. The minimum absolute atomic E-state index is 0.750. The zero-order chi connectivity index (χ0) is 18.9. The van der Waals surface area contributed by atoms with Gasteiger partial charge in [0.2, 0.25) is 0 Å². The van der Waals surface area contributed by atoms with Gasteiger partial charge in [-0.15, -0.1) is 0 Å². The van der Waals surface area contributed by atoms with Gasteiger partial charge in [0.1, 0.15) is 17.3 Å². The highest BCUT2D eigenvalue weighted by molar-refractivity contribution is 5.59. The summed E-state index contributed by atoms with van der Waals surface area (Å²) in [6.07, 6.45) is 7.11. The summed E-state index contributed by atoms with van der Waals surface area (Å²) < 4.78 is 5.42. The van der Waals surface area contributed by atoms with Crippen LogP contribution in [0, 0.1) is 0 Å². The second kappa shape index (κ2) is 7.23. The number of methoxy groups -OCH3 is 1. The summed E-state index contributed by atoms with van der Waals surface area (Å²) in [5, 5.41) is 0. The molecule has 0 saturated heterocycles. The zero-order valence-corrected chi connectivity index (χ0v) is 16.2. The van der Waals surface area contributed by atoms with Gasteiger partial charge >= 0.3 is 0 Å². The molecule has 1 aliphatic heterocycles. The van der Waals surface area contributed by atoms with Crippen LogP contribution in [-0.2, 0) is 25.7 Å². The molecule has 0 amide bonds. The summed E-state index contributed by atoms with van der Waals surface area (Å²) in [6, 6.07) is 12.4. The summed E-state index contributed by atoms with van der Waals surface area (Å²) >= 11 is 0. The number of nitrogens with zero attached hydrogens (tertiary/aromatic N) is 4. The van der Waals surface area contributed by atoms with Crippen molar-refractivity contribution in [1.82, 2.24) is 15.0 Å². The predicted molar refractivity (Wildman–Crippen MR) is 110 cm³/mol. The van der Waals surface area contributed by atoms with E-state index in [9.17, 15) is 0 Å². The van der Waals surface area contributed by atoms with Crippen LogP contribution in [0.5, 0.6) is 5.75 Å². The van der Waals surface area contributed by atoms with Gasteiger partial charge in [-0.05, 0) is 67.5 Å². The Morgan fingerprint density at radius 3 is 2.64 bits per heavy atom. The van der Waals surface area contributed by atoms with Gasteiger partial charge in [0.05, 0.1) is 7.11 Å². The lowest BCUT2D eigenvalue weighted by molar-refractivity contribution is 0.414. The van der Waals surface area contributed by atoms with E-state index in [1.807, 2.05) is 24.4 Å². The van der Waals surface area contributed by atoms with Crippen molar-refractivity contribution in [3.63, 3.8) is 0 Å². The van der Waals surface area contributed by atoms with Gasteiger partial charge < -0.3 is 9.64 Å². The molecule has 5 rings (SSSR count). The second-order valence-electron chi connectivity index (χ2n) is 7.49. The van der Waals surface area contributed by atoms with E-state index in [4.69, 9.17) is 14.7 Å². The molecule has 1 aromatic carbocycles. The summed E-state index contributed by atoms with van der Waals surface area (Å²) in [5.74, 6) is 2.80. The quantitative estimate of drug-likeness (QED) is 0.703. The van der Waals surface area contributed by atoms with Crippen LogP contribution in [0.3, 0.4) is 0 Å². The molecular weight excluding hydrogens is 348 g/mol. The minimum Gasteiger partial charge on any atom is -0.497 e.